The Morgan fingerprint density at radius 3 is 2.75 bits per heavy atom. The monoisotopic (exact) mass is 237 g/mol. The maximum absolute atomic E-state index is 5.73. The van der Waals surface area contributed by atoms with Crippen molar-refractivity contribution in [3.8, 4) is 0 Å². The zero-order valence-electron chi connectivity index (χ0n) is 10.1. The summed E-state index contributed by atoms with van der Waals surface area (Å²) < 4.78 is 0. The highest BCUT2D eigenvalue weighted by molar-refractivity contribution is 7.80. The van der Waals surface area contributed by atoms with E-state index in [9.17, 15) is 0 Å². The lowest BCUT2D eigenvalue weighted by molar-refractivity contribution is 0.629. The van der Waals surface area contributed by atoms with Gasteiger partial charge >= 0.3 is 0 Å². The molecule has 1 aromatic heterocycles. The molecule has 1 rings (SSSR count). The molecule has 0 radical (unpaired) electrons. The van der Waals surface area contributed by atoms with E-state index in [1.165, 1.54) is 0 Å². The summed E-state index contributed by atoms with van der Waals surface area (Å²) in [6, 6.07) is 2.34. The number of nitrogens with two attached hydrogens (primary N) is 1. The van der Waals surface area contributed by atoms with Crippen molar-refractivity contribution in [2.75, 3.05) is 11.4 Å². The van der Waals surface area contributed by atoms with Crippen molar-refractivity contribution < 1.29 is 0 Å². The number of aromatic nitrogens is 1. The number of hydrogen-bond acceptors (Lipinski definition) is 3. The van der Waals surface area contributed by atoms with Crippen LogP contribution in [0.4, 0.5) is 5.69 Å². The second-order valence-electron chi connectivity index (χ2n) is 3.80. The Bertz CT molecular complexity index is 365. The number of pyridine rings is 1. The fraction of sp³-hybridized carbons (Fsp3) is 0.500. The van der Waals surface area contributed by atoms with E-state index < -0.39 is 0 Å². The van der Waals surface area contributed by atoms with Gasteiger partial charge in [-0.2, -0.15) is 0 Å². The summed E-state index contributed by atoms with van der Waals surface area (Å²) in [4.78, 5) is 6.87. The number of anilines is 1. The van der Waals surface area contributed by atoms with Gasteiger partial charge in [-0.25, -0.2) is 0 Å². The van der Waals surface area contributed by atoms with Crippen LogP contribution >= 0.6 is 12.2 Å². The Hall–Kier alpha value is -1.16. The minimum Gasteiger partial charge on any atom is -0.389 e. The first-order valence-electron chi connectivity index (χ1n) is 5.62. The third-order valence-electron chi connectivity index (χ3n) is 2.84. The van der Waals surface area contributed by atoms with E-state index in [-0.39, 0.29) is 0 Å². The third-order valence-corrected chi connectivity index (χ3v) is 3.06. The van der Waals surface area contributed by atoms with Crippen LogP contribution in [0.1, 0.15) is 32.8 Å². The first-order chi connectivity index (χ1) is 7.61. The van der Waals surface area contributed by atoms with Crippen molar-refractivity contribution >= 4 is 22.9 Å². The lowest BCUT2D eigenvalue weighted by Crippen LogP contribution is -2.34. The predicted molar refractivity (Wildman–Crippen MR) is 72.9 cm³/mol. The van der Waals surface area contributed by atoms with Crippen molar-refractivity contribution in [2.45, 2.75) is 33.2 Å². The molecule has 1 unspecified atom stereocenters. The molecule has 3 nitrogen and oxygen atoms in total. The third kappa shape index (κ3) is 2.70. The van der Waals surface area contributed by atoms with Gasteiger partial charge in [-0.1, -0.05) is 19.1 Å². The summed E-state index contributed by atoms with van der Waals surface area (Å²) in [5.41, 5.74) is 7.67. The summed E-state index contributed by atoms with van der Waals surface area (Å²) >= 11 is 5.06. The number of hydrogen-bond donors (Lipinski definition) is 1. The summed E-state index contributed by atoms with van der Waals surface area (Å²) in [6.07, 6.45) is 4.64. The van der Waals surface area contributed by atoms with Crippen LogP contribution in [0.2, 0.25) is 0 Å². The van der Waals surface area contributed by atoms with Crippen molar-refractivity contribution in [1.29, 1.82) is 0 Å². The topological polar surface area (TPSA) is 42.2 Å². The van der Waals surface area contributed by atoms with E-state index in [1.54, 1.807) is 6.20 Å². The molecule has 0 aliphatic rings. The minimum atomic E-state index is 0.430. The lowest BCUT2D eigenvalue weighted by Gasteiger charge is -2.30. The lowest BCUT2D eigenvalue weighted by atomic mass is 10.1. The molecule has 1 heterocycles. The average molecular weight is 237 g/mol. The van der Waals surface area contributed by atoms with Gasteiger partial charge in [0.2, 0.25) is 0 Å². The second kappa shape index (κ2) is 5.80. The predicted octanol–water partition coefficient (Wildman–Crippen LogP) is 2.34. The smallest absolute Gasteiger partial charge is 0.106 e. The van der Waals surface area contributed by atoms with Gasteiger partial charge in [0.05, 0.1) is 11.9 Å². The Labute approximate surface area is 103 Å². The van der Waals surface area contributed by atoms with Crippen molar-refractivity contribution in [1.82, 2.24) is 4.98 Å². The Morgan fingerprint density at radius 1 is 1.56 bits per heavy atom. The van der Waals surface area contributed by atoms with Crippen LogP contribution in [0.3, 0.4) is 0 Å². The standard InChI is InChI=1S/C12H19N3S/c1-4-9(3)15(5-2)11-8-14-7-6-10(11)12(13)16/h6-9H,4-5H2,1-3H3,(H2,13,16). The molecule has 88 valence electrons. The maximum atomic E-state index is 5.73. The Morgan fingerprint density at radius 2 is 2.25 bits per heavy atom. The molecule has 2 N–H and O–H groups in total. The molecule has 1 atom stereocenters. The normalized spacial score (nSPS) is 12.2. The summed E-state index contributed by atoms with van der Waals surface area (Å²) in [7, 11) is 0. The zero-order valence-corrected chi connectivity index (χ0v) is 10.9. The van der Waals surface area contributed by atoms with Crippen molar-refractivity contribution in [2.24, 2.45) is 5.73 Å². The number of rotatable bonds is 5. The van der Waals surface area contributed by atoms with Crippen LogP contribution in [-0.4, -0.2) is 22.6 Å². The van der Waals surface area contributed by atoms with Crippen LogP contribution in [-0.2, 0) is 0 Å². The fourth-order valence-electron chi connectivity index (χ4n) is 1.76. The zero-order chi connectivity index (χ0) is 12.1. The molecular formula is C12H19N3S. The molecule has 0 saturated carbocycles. The van der Waals surface area contributed by atoms with E-state index in [1.807, 2.05) is 12.3 Å². The van der Waals surface area contributed by atoms with E-state index in [0.717, 1.165) is 24.2 Å². The highest BCUT2D eigenvalue weighted by Crippen LogP contribution is 2.22. The average Bonchev–Trinajstić information content (AvgIpc) is 2.30. The van der Waals surface area contributed by atoms with Gasteiger partial charge in [-0.15, -0.1) is 0 Å². The largest absolute Gasteiger partial charge is 0.389 e. The molecule has 0 aliphatic carbocycles. The van der Waals surface area contributed by atoms with Gasteiger partial charge in [-0.3, -0.25) is 4.98 Å². The molecule has 1 aromatic rings. The molecule has 16 heavy (non-hydrogen) atoms. The van der Waals surface area contributed by atoms with Gasteiger partial charge in [0.15, 0.2) is 0 Å². The van der Waals surface area contributed by atoms with E-state index in [0.29, 0.717) is 11.0 Å². The molecule has 0 saturated heterocycles. The summed E-state index contributed by atoms with van der Waals surface area (Å²) in [5, 5.41) is 0. The van der Waals surface area contributed by atoms with Crippen LogP contribution in [0.15, 0.2) is 18.5 Å². The van der Waals surface area contributed by atoms with E-state index in [4.69, 9.17) is 18.0 Å². The summed E-state index contributed by atoms with van der Waals surface area (Å²) in [6.45, 7) is 7.42. The van der Waals surface area contributed by atoms with Crippen LogP contribution < -0.4 is 10.6 Å². The number of nitrogens with zero attached hydrogens (tertiary/aromatic N) is 2. The number of thiocarbonyl (C=S) groups is 1. The van der Waals surface area contributed by atoms with Crippen LogP contribution in [0, 0.1) is 0 Å². The first kappa shape index (κ1) is 12.9. The minimum absolute atomic E-state index is 0.430. The summed E-state index contributed by atoms with van der Waals surface area (Å²) in [5.74, 6) is 0. The SMILES string of the molecule is CCC(C)N(CC)c1cnccc1C(N)=S. The van der Waals surface area contributed by atoms with Crippen LogP contribution in [0.25, 0.3) is 0 Å². The van der Waals surface area contributed by atoms with Gasteiger partial charge < -0.3 is 10.6 Å². The molecule has 0 aliphatic heterocycles. The molecule has 4 heteroatoms. The Kier molecular flexibility index (Phi) is 4.68. The molecule has 0 fully saturated rings. The second-order valence-corrected chi connectivity index (χ2v) is 4.24. The van der Waals surface area contributed by atoms with Crippen molar-refractivity contribution in [3.63, 3.8) is 0 Å². The van der Waals surface area contributed by atoms with Crippen molar-refractivity contribution in [3.05, 3.63) is 24.0 Å². The molecule has 0 spiro atoms. The van der Waals surface area contributed by atoms with Gasteiger partial charge in [0.1, 0.15) is 4.99 Å². The van der Waals surface area contributed by atoms with Gasteiger partial charge in [0.25, 0.3) is 0 Å². The van der Waals surface area contributed by atoms with E-state index in [2.05, 4.69) is 30.7 Å². The van der Waals surface area contributed by atoms with E-state index >= 15 is 0 Å². The highest BCUT2D eigenvalue weighted by atomic mass is 32.1. The molecule has 0 aromatic carbocycles. The van der Waals surface area contributed by atoms with Crippen LogP contribution in [0.5, 0.6) is 0 Å². The van der Waals surface area contributed by atoms with Gasteiger partial charge in [0, 0.05) is 24.3 Å². The molecule has 0 amide bonds. The Balaban J connectivity index is 3.14. The molecule has 0 bridgehead atoms. The van der Waals surface area contributed by atoms with Gasteiger partial charge in [-0.05, 0) is 26.3 Å². The first-order valence-corrected chi connectivity index (χ1v) is 6.03. The fourth-order valence-corrected chi connectivity index (χ4v) is 1.94. The highest BCUT2D eigenvalue weighted by Gasteiger charge is 2.15. The molecular weight excluding hydrogens is 218 g/mol. The maximum Gasteiger partial charge on any atom is 0.106 e. The quantitative estimate of drug-likeness (QED) is 0.798.